The maximum atomic E-state index is 10.8. The van der Waals surface area contributed by atoms with Crippen LogP contribution in [0.3, 0.4) is 0 Å². The number of hydrazone groups is 1. The van der Waals surface area contributed by atoms with Crippen molar-refractivity contribution >= 4 is 66.2 Å². The first-order chi connectivity index (χ1) is 15.9. The van der Waals surface area contributed by atoms with E-state index in [0.29, 0.717) is 22.8 Å². The molecule has 9 heteroatoms. The van der Waals surface area contributed by atoms with Crippen LogP contribution in [0.4, 0.5) is 11.4 Å². The summed E-state index contributed by atoms with van der Waals surface area (Å²) in [6.45, 7) is 2.00. The average molecular weight is 567 g/mol. The van der Waals surface area contributed by atoms with E-state index in [9.17, 15) is 10.1 Å². The van der Waals surface area contributed by atoms with Crippen molar-refractivity contribution < 1.29 is 4.92 Å². The number of rotatable bonds is 5. The smallest absolute Gasteiger partial charge is 0.260 e. The number of para-hydroxylation sites is 1. The van der Waals surface area contributed by atoms with E-state index in [1.54, 1.807) is 18.3 Å². The van der Waals surface area contributed by atoms with Gasteiger partial charge in [-0.1, -0.05) is 24.3 Å². The molecule has 1 N–H and O–H groups in total. The highest BCUT2D eigenvalue weighted by Crippen LogP contribution is 2.35. The Kier molecular flexibility index (Phi) is 6.90. The predicted octanol–water partition coefficient (Wildman–Crippen LogP) is 6.68. The first kappa shape index (κ1) is 22.8. The molecule has 0 aliphatic heterocycles. The van der Waals surface area contributed by atoms with E-state index >= 15 is 0 Å². The molecule has 0 fully saturated rings. The van der Waals surface area contributed by atoms with Gasteiger partial charge < -0.3 is 0 Å². The number of benzene rings is 3. The van der Waals surface area contributed by atoms with Crippen molar-refractivity contribution in [3.63, 3.8) is 0 Å². The summed E-state index contributed by atoms with van der Waals surface area (Å²) in [5, 5.41) is 16.2. The quantitative estimate of drug-likeness (QED) is 0.126. The lowest BCUT2D eigenvalue weighted by Crippen LogP contribution is -2.20. The number of amidine groups is 1. The van der Waals surface area contributed by atoms with Gasteiger partial charge >= 0.3 is 0 Å². The van der Waals surface area contributed by atoms with Crippen LogP contribution in [-0.4, -0.2) is 22.0 Å². The van der Waals surface area contributed by atoms with Crippen LogP contribution in [0.15, 0.2) is 91.8 Å². The number of hydrogen-bond acceptors (Lipinski definition) is 5. The molecular weight excluding hydrogens is 550 g/mol. The van der Waals surface area contributed by atoms with Crippen molar-refractivity contribution in [2.75, 3.05) is 0 Å². The Labute approximate surface area is 206 Å². The van der Waals surface area contributed by atoms with E-state index in [4.69, 9.17) is 9.98 Å². The Hall–Kier alpha value is -3.43. The monoisotopic (exact) mass is 565 g/mol. The number of nitro groups is 1. The maximum Gasteiger partial charge on any atom is 0.269 e. The summed E-state index contributed by atoms with van der Waals surface area (Å²) >= 11 is 7.17. The first-order valence-electron chi connectivity index (χ1n) is 9.85. The van der Waals surface area contributed by atoms with Gasteiger partial charge in [-0.05, 0) is 86.3 Å². The van der Waals surface area contributed by atoms with Crippen LogP contribution in [-0.2, 0) is 0 Å². The van der Waals surface area contributed by atoms with Crippen molar-refractivity contribution in [2.45, 2.75) is 6.92 Å². The summed E-state index contributed by atoms with van der Waals surface area (Å²) < 4.78 is 1.66. The van der Waals surface area contributed by atoms with Crippen LogP contribution in [0, 0.1) is 17.0 Å². The van der Waals surface area contributed by atoms with E-state index < -0.39 is 4.92 Å². The van der Waals surface area contributed by atoms with Crippen molar-refractivity contribution in [1.29, 1.82) is 0 Å². The number of hydrogen-bond donors (Lipinski definition) is 1. The molecule has 0 amide bonds. The van der Waals surface area contributed by atoms with Gasteiger partial charge in [0.05, 0.1) is 22.3 Å². The van der Waals surface area contributed by atoms with Crippen LogP contribution in [0.1, 0.15) is 16.8 Å². The predicted molar refractivity (Wildman–Crippen MR) is 138 cm³/mol. The Morgan fingerprint density at radius 3 is 2.42 bits per heavy atom. The second-order valence-electron chi connectivity index (χ2n) is 7.15. The number of nitro benzene ring substituents is 1. The summed E-state index contributed by atoms with van der Waals surface area (Å²) in [7, 11) is 0. The molecule has 3 aromatic carbocycles. The van der Waals surface area contributed by atoms with Crippen LogP contribution in [0.5, 0.6) is 0 Å². The van der Waals surface area contributed by atoms with E-state index in [-0.39, 0.29) is 5.69 Å². The Bertz CT molecular complexity index is 1380. The molecule has 4 rings (SSSR count). The topological polar surface area (TPSA) is 92.8 Å². The molecule has 0 spiro atoms. The molecule has 164 valence electrons. The van der Waals surface area contributed by atoms with Gasteiger partial charge in [0.2, 0.25) is 0 Å². The molecule has 1 heterocycles. The Morgan fingerprint density at radius 1 is 1.03 bits per heavy atom. The van der Waals surface area contributed by atoms with Gasteiger partial charge in [0.25, 0.3) is 5.69 Å². The molecule has 0 saturated carbocycles. The minimum atomic E-state index is -0.438. The minimum absolute atomic E-state index is 0.0248. The van der Waals surface area contributed by atoms with E-state index in [1.807, 2.05) is 55.5 Å². The van der Waals surface area contributed by atoms with E-state index in [1.165, 1.54) is 12.1 Å². The fraction of sp³-hybridized carbons (Fsp3) is 0.0417. The number of aliphatic imine (C=N–C) groups is 1. The largest absolute Gasteiger partial charge is 0.269 e. The second-order valence-corrected chi connectivity index (χ2v) is 8.85. The number of nitrogens with one attached hydrogen (secondary N) is 1. The molecule has 1 aromatic heterocycles. The van der Waals surface area contributed by atoms with Gasteiger partial charge in [-0.15, -0.1) is 0 Å². The fourth-order valence-electron chi connectivity index (χ4n) is 3.10. The van der Waals surface area contributed by atoms with E-state index in [0.717, 1.165) is 25.4 Å². The number of aromatic nitrogens is 1. The van der Waals surface area contributed by atoms with E-state index in [2.05, 4.69) is 42.4 Å². The molecule has 4 aromatic rings. The molecule has 0 unspecified atom stereocenters. The SMILES string of the molecule is Cc1cc(Br)c(N=C(NN=Cc2ccc([N+](=O)[O-])cc2)c2ccc3ccccc3n2)c(Br)c1. The molecule has 33 heavy (non-hydrogen) atoms. The number of halogens is 2. The molecule has 0 aliphatic carbocycles. The molecule has 0 atom stereocenters. The highest BCUT2D eigenvalue weighted by molar-refractivity contribution is 9.11. The molecule has 0 bridgehead atoms. The van der Waals surface area contributed by atoms with Crippen LogP contribution < -0.4 is 5.43 Å². The third-order valence-electron chi connectivity index (χ3n) is 4.71. The van der Waals surface area contributed by atoms with Crippen molar-refractivity contribution in [3.05, 3.63) is 109 Å². The van der Waals surface area contributed by atoms with Gasteiger partial charge in [-0.2, -0.15) is 5.10 Å². The zero-order valence-electron chi connectivity index (χ0n) is 17.4. The molecular formula is C24H17Br2N5O2. The van der Waals surface area contributed by atoms with Gasteiger partial charge in [0, 0.05) is 26.5 Å². The lowest BCUT2D eigenvalue weighted by atomic mass is 10.2. The number of non-ortho nitro benzene ring substituents is 1. The molecule has 0 aliphatic rings. The normalized spacial score (nSPS) is 11.8. The minimum Gasteiger partial charge on any atom is -0.260 e. The van der Waals surface area contributed by atoms with Crippen LogP contribution >= 0.6 is 31.9 Å². The third-order valence-corrected chi connectivity index (χ3v) is 5.92. The lowest BCUT2D eigenvalue weighted by molar-refractivity contribution is -0.384. The van der Waals surface area contributed by atoms with Gasteiger partial charge in [-0.3, -0.25) is 15.5 Å². The maximum absolute atomic E-state index is 10.8. The first-order valence-corrected chi connectivity index (χ1v) is 11.4. The van der Waals surface area contributed by atoms with Gasteiger partial charge in [-0.25, -0.2) is 9.98 Å². The highest BCUT2D eigenvalue weighted by Gasteiger charge is 2.11. The standard InChI is InChI=1S/C24H17Br2N5O2/c1-15-12-19(25)23(20(26)13-15)29-24(22-11-8-17-4-2-3-5-21(17)28-22)30-27-14-16-6-9-18(10-7-16)31(32)33/h2-14H,1H3,(H,29,30). The fourth-order valence-corrected chi connectivity index (χ4v) is 4.69. The van der Waals surface area contributed by atoms with Crippen molar-refractivity contribution in [2.24, 2.45) is 10.1 Å². The van der Waals surface area contributed by atoms with Gasteiger partial charge in [0.1, 0.15) is 5.69 Å². The number of nitrogens with zero attached hydrogens (tertiary/aromatic N) is 4. The summed E-state index contributed by atoms with van der Waals surface area (Å²) in [6, 6.07) is 21.8. The molecule has 0 saturated heterocycles. The second kappa shape index (κ2) is 10.0. The third kappa shape index (κ3) is 5.50. The highest BCUT2D eigenvalue weighted by atomic mass is 79.9. The zero-order valence-corrected chi connectivity index (χ0v) is 20.5. The van der Waals surface area contributed by atoms with Crippen LogP contribution in [0.2, 0.25) is 0 Å². The lowest BCUT2D eigenvalue weighted by Gasteiger charge is -2.10. The van der Waals surface area contributed by atoms with Crippen molar-refractivity contribution in [3.8, 4) is 0 Å². The van der Waals surface area contributed by atoms with Gasteiger partial charge in [0.15, 0.2) is 5.84 Å². The number of pyridine rings is 1. The summed E-state index contributed by atoms with van der Waals surface area (Å²) in [6.07, 6.45) is 1.57. The molecule has 7 nitrogen and oxygen atoms in total. The number of aryl methyl sites for hydroxylation is 1. The molecule has 0 radical (unpaired) electrons. The van der Waals surface area contributed by atoms with Crippen molar-refractivity contribution in [1.82, 2.24) is 10.4 Å². The Balaban J connectivity index is 1.71. The Morgan fingerprint density at radius 2 is 1.73 bits per heavy atom. The van der Waals surface area contributed by atoms with Crippen LogP contribution in [0.25, 0.3) is 10.9 Å². The summed E-state index contributed by atoms with van der Waals surface area (Å²) in [5.41, 5.74) is 6.96. The summed E-state index contributed by atoms with van der Waals surface area (Å²) in [5.74, 6) is 0.448. The summed E-state index contributed by atoms with van der Waals surface area (Å²) in [4.78, 5) is 19.9. The number of fused-ring (bicyclic) bond motifs is 1. The average Bonchev–Trinajstić information content (AvgIpc) is 2.80. The zero-order chi connectivity index (χ0) is 23.4.